The van der Waals surface area contributed by atoms with Crippen molar-refractivity contribution in [3.8, 4) is 0 Å². The third kappa shape index (κ3) is 4.27. The number of carbonyl (C=O) groups is 2. The van der Waals surface area contributed by atoms with E-state index in [4.69, 9.17) is 0 Å². The molecular formula is C19H20BrN3O2. The second kappa shape index (κ2) is 7.80. The molecule has 0 bridgehead atoms. The second-order valence-electron chi connectivity index (χ2n) is 6.16. The summed E-state index contributed by atoms with van der Waals surface area (Å²) in [5, 5.41) is 0. The molecule has 1 heterocycles. The molecule has 0 fully saturated rings. The zero-order valence-corrected chi connectivity index (χ0v) is 15.5. The molecule has 3 rings (SSSR count). The number of hydrazine groups is 1. The van der Waals surface area contributed by atoms with Crippen molar-refractivity contribution >= 4 is 27.7 Å². The molecular weight excluding hydrogens is 382 g/mol. The van der Waals surface area contributed by atoms with Crippen LogP contribution >= 0.6 is 15.9 Å². The maximum atomic E-state index is 12.3. The van der Waals surface area contributed by atoms with Crippen LogP contribution in [0.15, 0.2) is 53.0 Å². The Morgan fingerprint density at radius 2 is 1.84 bits per heavy atom. The fourth-order valence-electron chi connectivity index (χ4n) is 3.07. The Hall–Kier alpha value is -2.18. The topological polar surface area (TPSA) is 61.4 Å². The van der Waals surface area contributed by atoms with E-state index in [0.29, 0.717) is 12.0 Å². The number of halogens is 1. The normalized spacial score (nSPS) is 16.8. The Morgan fingerprint density at radius 1 is 1.12 bits per heavy atom. The standard InChI is InChI=1S/C19H20BrN3O2/c1-23-11-10-13-4-2-3-5-16(13)17(23)12-18(24)21-22-19(25)14-6-8-15(20)9-7-14/h2-9,17H,10-12H2,1H3,(H,21,24)(H,22,25). The number of nitrogens with one attached hydrogen (secondary N) is 2. The molecule has 2 aromatic carbocycles. The highest BCUT2D eigenvalue weighted by Gasteiger charge is 2.26. The van der Waals surface area contributed by atoms with Crippen LogP contribution in [0.2, 0.25) is 0 Å². The summed E-state index contributed by atoms with van der Waals surface area (Å²) in [4.78, 5) is 26.5. The largest absolute Gasteiger partial charge is 0.299 e. The van der Waals surface area contributed by atoms with E-state index in [0.717, 1.165) is 17.4 Å². The molecule has 2 amide bonds. The van der Waals surface area contributed by atoms with E-state index < -0.39 is 0 Å². The van der Waals surface area contributed by atoms with Gasteiger partial charge in [-0.25, -0.2) is 0 Å². The lowest BCUT2D eigenvalue weighted by Gasteiger charge is -2.34. The first kappa shape index (κ1) is 17.6. The number of benzene rings is 2. The molecule has 130 valence electrons. The first-order valence-corrected chi connectivity index (χ1v) is 8.96. The first-order valence-electron chi connectivity index (χ1n) is 8.17. The van der Waals surface area contributed by atoms with E-state index in [1.165, 1.54) is 11.1 Å². The van der Waals surface area contributed by atoms with E-state index in [1.807, 2.05) is 19.2 Å². The Bertz CT molecular complexity index is 776. The summed E-state index contributed by atoms with van der Waals surface area (Å²) >= 11 is 3.32. The summed E-state index contributed by atoms with van der Waals surface area (Å²) in [7, 11) is 2.02. The lowest BCUT2D eigenvalue weighted by molar-refractivity contribution is -0.123. The Balaban J connectivity index is 1.59. The highest BCUT2D eigenvalue weighted by Crippen LogP contribution is 2.30. The van der Waals surface area contributed by atoms with Crippen molar-refractivity contribution in [2.24, 2.45) is 0 Å². The van der Waals surface area contributed by atoms with Crippen molar-refractivity contribution in [3.63, 3.8) is 0 Å². The summed E-state index contributed by atoms with van der Waals surface area (Å²) in [6, 6.07) is 15.2. The number of hydrogen-bond acceptors (Lipinski definition) is 3. The van der Waals surface area contributed by atoms with Gasteiger partial charge in [-0.15, -0.1) is 0 Å². The van der Waals surface area contributed by atoms with Gasteiger partial charge >= 0.3 is 0 Å². The minimum atomic E-state index is -0.335. The molecule has 0 aliphatic carbocycles. The quantitative estimate of drug-likeness (QED) is 0.777. The van der Waals surface area contributed by atoms with Crippen LogP contribution in [-0.4, -0.2) is 30.3 Å². The van der Waals surface area contributed by atoms with Crippen LogP contribution in [-0.2, 0) is 11.2 Å². The fourth-order valence-corrected chi connectivity index (χ4v) is 3.33. The number of likely N-dealkylation sites (N-methyl/N-ethyl adjacent to an activating group) is 1. The molecule has 1 aliphatic rings. The van der Waals surface area contributed by atoms with Crippen molar-refractivity contribution in [1.29, 1.82) is 0 Å². The molecule has 0 saturated heterocycles. The molecule has 6 heteroatoms. The molecule has 2 aromatic rings. The van der Waals surface area contributed by atoms with Gasteiger partial charge in [-0.3, -0.25) is 25.3 Å². The van der Waals surface area contributed by atoms with Gasteiger partial charge in [-0.05, 0) is 48.9 Å². The van der Waals surface area contributed by atoms with Crippen molar-refractivity contribution < 1.29 is 9.59 Å². The van der Waals surface area contributed by atoms with Crippen LogP contribution in [0.1, 0.15) is 33.9 Å². The summed E-state index contributed by atoms with van der Waals surface area (Å²) in [6.45, 7) is 0.917. The van der Waals surface area contributed by atoms with Gasteiger partial charge in [-0.1, -0.05) is 40.2 Å². The van der Waals surface area contributed by atoms with Gasteiger partial charge in [0.1, 0.15) is 0 Å². The predicted molar refractivity (Wildman–Crippen MR) is 99.9 cm³/mol. The van der Waals surface area contributed by atoms with Gasteiger partial charge in [0.25, 0.3) is 5.91 Å². The van der Waals surface area contributed by atoms with Gasteiger partial charge in [0.05, 0.1) is 0 Å². The van der Waals surface area contributed by atoms with Gasteiger partial charge in [-0.2, -0.15) is 0 Å². The maximum Gasteiger partial charge on any atom is 0.269 e. The average Bonchev–Trinajstić information content (AvgIpc) is 2.63. The highest BCUT2D eigenvalue weighted by molar-refractivity contribution is 9.10. The van der Waals surface area contributed by atoms with Gasteiger partial charge in [0.15, 0.2) is 0 Å². The number of amides is 2. The molecule has 0 radical (unpaired) electrons. The maximum absolute atomic E-state index is 12.3. The Labute approximate surface area is 155 Å². The van der Waals surface area contributed by atoms with Crippen LogP contribution < -0.4 is 10.9 Å². The van der Waals surface area contributed by atoms with Gasteiger partial charge < -0.3 is 0 Å². The molecule has 25 heavy (non-hydrogen) atoms. The highest BCUT2D eigenvalue weighted by atomic mass is 79.9. The first-order chi connectivity index (χ1) is 12.0. The molecule has 1 atom stereocenters. The molecule has 0 aromatic heterocycles. The lowest BCUT2D eigenvalue weighted by atomic mass is 9.91. The molecule has 1 aliphatic heterocycles. The van der Waals surface area contributed by atoms with Crippen LogP contribution in [0.25, 0.3) is 0 Å². The van der Waals surface area contributed by atoms with E-state index >= 15 is 0 Å². The van der Waals surface area contributed by atoms with Crippen LogP contribution in [0.5, 0.6) is 0 Å². The van der Waals surface area contributed by atoms with Gasteiger partial charge in [0, 0.05) is 29.0 Å². The molecule has 0 spiro atoms. The number of nitrogens with zero attached hydrogens (tertiary/aromatic N) is 1. The monoisotopic (exact) mass is 401 g/mol. The van der Waals surface area contributed by atoms with Crippen LogP contribution in [0.3, 0.4) is 0 Å². The molecule has 1 unspecified atom stereocenters. The van der Waals surface area contributed by atoms with E-state index in [1.54, 1.807) is 24.3 Å². The molecule has 2 N–H and O–H groups in total. The van der Waals surface area contributed by atoms with Crippen LogP contribution in [0, 0.1) is 0 Å². The fraction of sp³-hybridized carbons (Fsp3) is 0.263. The molecule has 5 nitrogen and oxygen atoms in total. The minimum Gasteiger partial charge on any atom is -0.299 e. The lowest BCUT2D eigenvalue weighted by Crippen LogP contribution is -2.44. The zero-order valence-electron chi connectivity index (χ0n) is 14.0. The summed E-state index contributed by atoms with van der Waals surface area (Å²) < 4.78 is 0.895. The van der Waals surface area contributed by atoms with Crippen molar-refractivity contribution in [1.82, 2.24) is 15.8 Å². The third-order valence-corrected chi connectivity index (χ3v) is 5.01. The number of rotatable bonds is 3. The number of carbonyl (C=O) groups excluding carboxylic acids is 2. The number of fused-ring (bicyclic) bond motifs is 1. The van der Waals surface area contributed by atoms with Crippen molar-refractivity contribution in [2.75, 3.05) is 13.6 Å². The van der Waals surface area contributed by atoms with Crippen LogP contribution in [0.4, 0.5) is 0 Å². The third-order valence-electron chi connectivity index (χ3n) is 4.48. The minimum absolute atomic E-state index is 0.0227. The Kier molecular flexibility index (Phi) is 5.50. The SMILES string of the molecule is CN1CCc2ccccc2C1CC(=O)NNC(=O)c1ccc(Br)cc1. The number of hydrogen-bond donors (Lipinski definition) is 2. The van der Waals surface area contributed by atoms with E-state index in [9.17, 15) is 9.59 Å². The van der Waals surface area contributed by atoms with E-state index in [2.05, 4.69) is 43.8 Å². The van der Waals surface area contributed by atoms with Crippen molar-refractivity contribution in [2.45, 2.75) is 18.9 Å². The summed E-state index contributed by atoms with van der Waals surface area (Å²) in [5.74, 6) is -0.544. The van der Waals surface area contributed by atoms with Crippen molar-refractivity contribution in [3.05, 3.63) is 69.7 Å². The molecule has 0 saturated carbocycles. The predicted octanol–water partition coefficient (Wildman–Crippen LogP) is 2.83. The summed E-state index contributed by atoms with van der Waals surface area (Å²) in [5.41, 5.74) is 7.96. The average molecular weight is 402 g/mol. The Morgan fingerprint density at radius 3 is 2.60 bits per heavy atom. The van der Waals surface area contributed by atoms with Gasteiger partial charge in [0.2, 0.25) is 5.91 Å². The smallest absolute Gasteiger partial charge is 0.269 e. The van der Waals surface area contributed by atoms with E-state index in [-0.39, 0.29) is 17.9 Å². The second-order valence-corrected chi connectivity index (χ2v) is 7.07. The summed E-state index contributed by atoms with van der Waals surface area (Å²) in [6.07, 6.45) is 1.29. The zero-order chi connectivity index (χ0) is 17.8.